The van der Waals surface area contributed by atoms with Crippen LogP contribution >= 0.6 is 0 Å². The van der Waals surface area contributed by atoms with Crippen molar-refractivity contribution in [2.45, 2.75) is 32.8 Å². The van der Waals surface area contributed by atoms with Crippen molar-refractivity contribution in [1.29, 1.82) is 0 Å². The minimum absolute atomic E-state index is 0.358. The second kappa shape index (κ2) is 6.31. The zero-order valence-electron chi connectivity index (χ0n) is 9.75. The summed E-state index contributed by atoms with van der Waals surface area (Å²) in [5.41, 5.74) is 4.92. The maximum Gasteiger partial charge on any atom is 0.410 e. The summed E-state index contributed by atoms with van der Waals surface area (Å²) >= 11 is 0. The average Bonchev–Trinajstić information content (AvgIpc) is 2.09. The Labute approximate surface area is 91.8 Å². The molecule has 1 amide bonds. The predicted molar refractivity (Wildman–Crippen MR) is 60.3 cm³/mol. The number of hydrogen-bond acceptors (Lipinski definition) is 3. The van der Waals surface area contributed by atoms with Crippen LogP contribution in [0.15, 0.2) is 0 Å². The zero-order valence-corrected chi connectivity index (χ0v) is 9.75. The summed E-state index contributed by atoms with van der Waals surface area (Å²) in [6, 6.07) is 0. The number of nitrogens with zero attached hydrogens (tertiary/aromatic N) is 1. The molecule has 0 radical (unpaired) electrons. The second-order valence-corrected chi connectivity index (χ2v) is 4.21. The third-order valence-electron chi connectivity index (χ3n) is 1.58. The van der Waals surface area contributed by atoms with Crippen LogP contribution < -0.4 is 5.73 Å². The van der Waals surface area contributed by atoms with Crippen LogP contribution in [0.25, 0.3) is 0 Å². The molecule has 15 heavy (non-hydrogen) atoms. The molecule has 0 aromatic rings. The fraction of sp³-hybridized carbons (Fsp3) is 0.727. The van der Waals surface area contributed by atoms with Crippen molar-refractivity contribution < 1.29 is 9.53 Å². The van der Waals surface area contributed by atoms with Crippen molar-refractivity contribution in [3.05, 3.63) is 0 Å². The third kappa shape index (κ3) is 6.81. The fourth-order valence-corrected chi connectivity index (χ4v) is 0.976. The van der Waals surface area contributed by atoms with E-state index >= 15 is 0 Å². The van der Waals surface area contributed by atoms with Crippen LogP contribution in [0.1, 0.15) is 27.2 Å². The van der Waals surface area contributed by atoms with E-state index in [9.17, 15) is 4.79 Å². The first kappa shape index (κ1) is 13.8. The Balaban J connectivity index is 4.23. The van der Waals surface area contributed by atoms with Gasteiger partial charge in [0.25, 0.3) is 0 Å². The van der Waals surface area contributed by atoms with Crippen molar-refractivity contribution in [1.82, 2.24) is 4.90 Å². The van der Waals surface area contributed by atoms with Crippen LogP contribution in [0, 0.1) is 12.3 Å². The molecule has 4 nitrogen and oxygen atoms in total. The van der Waals surface area contributed by atoms with Gasteiger partial charge in [-0.3, -0.25) is 0 Å². The molecule has 0 rings (SSSR count). The van der Waals surface area contributed by atoms with Gasteiger partial charge in [0.15, 0.2) is 0 Å². The molecule has 0 bridgehead atoms. The maximum atomic E-state index is 11.6. The Morgan fingerprint density at radius 2 is 2.07 bits per heavy atom. The average molecular weight is 212 g/mol. The van der Waals surface area contributed by atoms with Gasteiger partial charge >= 0.3 is 6.09 Å². The van der Waals surface area contributed by atoms with Gasteiger partial charge in [0, 0.05) is 26.1 Å². The quantitative estimate of drug-likeness (QED) is 0.712. The third-order valence-corrected chi connectivity index (χ3v) is 1.58. The minimum atomic E-state index is -0.486. The van der Waals surface area contributed by atoms with Crippen LogP contribution in [0.5, 0.6) is 0 Å². The first-order chi connectivity index (χ1) is 6.90. The van der Waals surface area contributed by atoms with E-state index in [1.54, 1.807) is 0 Å². The molecule has 0 aliphatic carbocycles. The lowest BCUT2D eigenvalue weighted by Gasteiger charge is -2.26. The van der Waals surface area contributed by atoms with Gasteiger partial charge in [0.2, 0.25) is 0 Å². The lowest BCUT2D eigenvalue weighted by molar-refractivity contribution is 0.0260. The number of carbonyl (C=O) groups is 1. The van der Waals surface area contributed by atoms with Gasteiger partial charge < -0.3 is 15.4 Å². The van der Waals surface area contributed by atoms with Crippen molar-refractivity contribution in [3.63, 3.8) is 0 Å². The number of terminal acetylenes is 1. The molecule has 0 aliphatic rings. The van der Waals surface area contributed by atoms with E-state index in [2.05, 4.69) is 5.92 Å². The molecule has 0 spiro atoms. The number of ether oxygens (including phenoxy) is 1. The SMILES string of the molecule is C#CCCN(CCN)C(=O)OC(C)(C)C. The standard InChI is InChI=1S/C11H20N2O2/c1-5-6-8-13(9-7-12)10(14)15-11(2,3)4/h1H,6-9,12H2,2-4H3. The van der Waals surface area contributed by atoms with Gasteiger partial charge in [0.1, 0.15) is 5.60 Å². The number of carbonyl (C=O) groups excluding carboxylic acids is 1. The maximum absolute atomic E-state index is 11.6. The summed E-state index contributed by atoms with van der Waals surface area (Å²) in [4.78, 5) is 13.2. The highest BCUT2D eigenvalue weighted by Crippen LogP contribution is 2.09. The summed E-state index contributed by atoms with van der Waals surface area (Å²) in [5.74, 6) is 2.48. The van der Waals surface area contributed by atoms with E-state index < -0.39 is 5.60 Å². The van der Waals surface area contributed by atoms with Crippen molar-refractivity contribution in [2.75, 3.05) is 19.6 Å². The van der Waals surface area contributed by atoms with E-state index in [0.717, 1.165) is 0 Å². The number of rotatable bonds is 4. The lowest BCUT2D eigenvalue weighted by Crippen LogP contribution is -2.40. The monoisotopic (exact) mass is 212 g/mol. The van der Waals surface area contributed by atoms with Gasteiger partial charge in [-0.05, 0) is 20.8 Å². The van der Waals surface area contributed by atoms with E-state index in [1.807, 2.05) is 20.8 Å². The largest absolute Gasteiger partial charge is 0.444 e. The molecule has 0 saturated carbocycles. The van der Waals surface area contributed by atoms with E-state index in [-0.39, 0.29) is 6.09 Å². The van der Waals surface area contributed by atoms with Crippen LogP contribution in [-0.4, -0.2) is 36.2 Å². The number of amides is 1. The Hall–Kier alpha value is -1.21. The molecule has 86 valence electrons. The van der Waals surface area contributed by atoms with Gasteiger partial charge in [-0.1, -0.05) is 0 Å². The van der Waals surface area contributed by atoms with Gasteiger partial charge in [0.05, 0.1) is 0 Å². The molecule has 0 aromatic heterocycles. The molecule has 0 fully saturated rings. The molecule has 0 unspecified atom stereocenters. The first-order valence-corrected chi connectivity index (χ1v) is 5.02. The Morgan fingerprint density at radius 3 is 2.47 bits per heavy atom. The highest BCUT2D eigenvalue weighted by Gasteiger charge is 2.20. The number of hydrogen-bond donors (Lipinski definition) is 1. The highest BCUT2D eigenvalue weighted by atomic mass is 16.6. The molecule has 0 aromatic carbocycles. The van der Waals surface area contributed by atoms with E-state index in [1.165, 1.54) is 4.90 Å². The molecule has 4 heteroatoms. The van der Waals surface area contributed by atoms with Crippen LogP contribution in [0.3, 0.4) is 0 Å². The Kier molecular flexibility index (Phi) is 5.80. The van der Waals surface area contributed by atoms with Gasteiger partial charge in [-0.2, -0.15) is 0 Å². The molecule has 0 aliphatic heterocycles. The van der Waals surface area contributed by atoms with Crippen LogP contribution in [0.2, 0.25) is 0 Å². The van der Waals surface area contributed by atoms with Crippen molar-refractivity contribution >= 4 is 6.09 Å². The van der Waals surface area contributed by atoms with Gasteiger partial charge in [-0.15, -0.1) is 12.3 Å². The van der Waals surface area contributed by atoms with Crippen LogP contribution in [0.4, 0.5) is 4.79 Å². The summed E-state index contributed by atoms with van der Waals surface area (Å²) in [6.45, 7) is 6.84. The topological polar surface area (TPSA) is 55.6 Å². The minimum Gasteiger partial charge on any atom is -0.444 e. The Morgan fingerprint density at radius 1 is 1.47 bits per heavy atom. The van der Waals surface area contributed by atoms with E-state index in [4.69, 9.17) is 16.9 Å². The first-order valence-electron chi connectivity index (χ1n) is 5.02. The molecular weight excluding hydrogens is 192 g/mol. The Bertz CT molecular complexity index is 238. The summed E-state index contributed by atoms with van der Waals surface area (Å²) < 4.78 is 5.21. The van der Waals surface area contributed by atoms with Crippen molar-refractivity contribution in [2.24, 2.45) is 5.73 Å². The highest BCUT2D eigenvalue weighted by molar-refractivity contribution is 5.68. The molecule has 0 heterocycles. The molecule has 0 saturated heterocycles. The smallest absolute Gasteiger partial charge is 0.410 e. The van der Waals surface area contributed by atoms with Crippen molar-refractivity contribution in [3.8, 4) is 12.3 Å². The fourth-order valence-electron chi connectivity index (χ4n) is 0.976. The molecule has 0 atom stereocenters. The molecular formula is C11H20N2O2. The molecule has 2 N–H and O–H groups in total. The summed E-state index contributed by atoms with van der Waals surface area (Å²) in [7, 11) is 0. The van der Waals surface area contributed by atoms with E-state index in [0.29, 0.717) is 26.1 Å². The summed E-state index contributed by atoms with van der Waals surface area (Å²) in [5, 5.41) is 0. The number of nitrogens with two attached hydrogens (primary N) is 1. The van der Waals surface area contributed by atoms with Crippen LogP contribution in [-0.2, 0) is 4.74 Å². The second-order valence-electron chi connectivity index (χ2n) is 4.21. The van der Waals surface area contributed by atoms with Gasteiger partial charge in [-0.25, -0.2) is 4.79 Å². The predicted octanol–water partition coefficient (Wildman–Crippen LogP) is 1.21. The lowest BCUT2D eigenvalue weighted by atomic mass is 10.2. The zero-order chi connectivity index (χ0) is 11.9. The summed E-state index contributed by atoms with van der Waals surface area (Å²) in [6.07, 6.45) is 5.30. The normalized spacial score (nSPS) is 10.6.